The summed E-state index contributed by atoms with van der Waals surface area (Å²) in [5, 5.41) is 0. The molecule has 1 heterocycles. The minimum Gasteiger partial charge on any atom is -0.380 e. The highest BCUT2D eigenvalue weighted by Crippen LogP contribution is 2.15. The van der Waals surface area contributed by atoms with Gasteiger partial charge in [0.1, 0.15) is 0 Å². The molecule has 0 saturated carbocycles. The summed E-state index contributed by atoms with van der Waals surface area (Å²) < 4.78 is 16.4. The van der Waals surface area contributed by atoms with Gasteiger partial charge < -0.3 is 19.1 Å². The van der Waals surface area contributed by atoms with Crippen LogP contribution in [0, 0.1) is 5.41 Å². The van der Waals surface area contributed by atoms with Gasteiger partial charge in [-0.1, -0.05) is 20.8 Å². The van der Waals surface area contributed by atoms with Crippen LogP contribution in [0.25, 0.3) is 0 Å². The fourth-order valence-corrected chi connectivity index (χ4v) is 2.52. The first-order valence-electron chi connectivity index (χ1n) is 9.76. The molecule has 0 bridgehead atoms. The summed E-state index contributed by atoms with van der Waals surface area (Å²) >= 11 is 0. The van der Waals surface area contributed by atoms with Gasteiger partial charge in [-0.05, 0) is 12.8 Å². The van der Waals surface area contributed by atoms with Gasteiger partial charge in [0, 0.05) is 44.4 Å². The Kier molecular flexibility index (Phi) is 11.0. The Morgan fingerprint density at radius 3 is 1.93 bits per heavy atom. The molecule has 0 radical (unpaired) electrons. The Morgan fingerprint density at radius 2 is 1.39 bits per heavy atom. The molecule has 0 aliphatic carbocycles. The second-order valence-electron chi connectivity index (χ2n) is 7.68. The number of likely N-dealkylation sites (N-methyl/N-ethyl adjacent to an activating group) is 1. The molecule has 1 aliphatic rings. The molecule has 0 unspecified atom stereocenters. The maximum atomic E-state index is 12.0. The minimum atomic E-state index is -0.365. The lowest BCUT2D eigenvalue weighted by Gasteiger charge is -2.25. The van der Waals surface area contributed by atoms with Crippen molar-refractivity contribution in [1.82, 2.24) is 9.80 Å². The zero-order valence-electron chi connectivity index (χ0n) is 17.6. The van der Waals surface area contributed by atoms with E-state index in [1.807, 2.05) is 20.8 Å². The Bertz CT molecular complexity index is 523. The third-order valence-corrected chi connectivity index (χ3v) is 4.12. The van der Waals surface area contributed by atoms with Gasteiger partial charge in [-0.15, -0.1) is 0 Å². The van der Waals surface area contributed by atoms with E-state index in [1.165, 1.54) is 12.2 Å². The lowest BCUT2D eigenvalue weighted by molar-refractivity contribution is -0.139. The number of amides is 3. The molecule has 28 heavy (non-hydrogen) atoms. The first-order valence-corrected chi connectivity index (χ1v) is 9.76. The number of imide groups is 1. The van der Waals surface area contributed by atoms with Gasteiger partial charge in [0.05, 0.1) is 33.0 Å². The van der Waals surface area contributed by atoms with Crippen LogP contribution in [-0.4, -0.2) is 87.3 Å². The second kappa shape index (κ2) is 12.6. The topological polar surface area (TPSA) is 85.4 Å². The van der Waals surface area contributed by atoms with Crippen LogP contribution in [0.2, 0.25) is 0 Å². The fraction of sp³-hybridized carbons (Fsp3) is 0.750. The number of ether oxygens (including phenoxy) is 3. The first kappa shape index (κ1) is 24.3. The van der Waals surface area contributed by atoms with Crippen molar-refractivity contribution in [2.24, 2.45) is 5.41 Å². The van der Waals surface area contributed by atoms with Gasteiger partial charge in [0.25, 0.3) is 11.8 Å². The van der Waals surface area contributed by atoms with E-state index in [0.29, 0.717) is 46.2 Å². The Balaban J connectivity index is 1.85. The normalized spacial score (nSPS) is 14.2. The molecule has 0 aromatic heterocycles. The van der Waals surface area contributed by atoms with Gasteiger partial charge in [-0.3, -0.25) is 19.3 Å². The van der Waals surface area contributed by atoms with Gasteiger partial charge in [-0.2, -0.15) is 0 Å². The molecule has 0 N–H and O–H groups in total. The van der Waals surface area contributed by atoms with Crippen molar-refractivity contribution in [2.45, 2.75) is 33.6 Å². The number of nitrogens with zero attached hydrogens (tertiary/aromatic N) is 2. The molecule has 0 fully saturated rings. The van der Waals surface area contributed by atoms with E-state index in [0.717, 1.165) is 17.7 Å². The highest BCUT2D eigenvalue weighted by molar-refractivity contribution is 6.12. The van der Waals surface area contributed by atoms with E-state index in [-0.39, 0.29) is 29.7 Å². The summed E-state index contributed by atoms with van der Waals surface area (Å²) in [6.45, 7) is 9.58. The summed E-state index contributed by atoms with van der Waals surface area (Å²) in [7, 11) is 1.80. The predicted molar refractivity (Wildman–Crippen MR) is 105 cm³/mol. The number of hydrogen-bond acceptors (Lipinski definition) is 6. The molecule has 0 aromatic carbocycles. The smallest absolute Gasteiger partial charge is 0.253 e. The molecule has 0 saturated heterocycles. The molecule has 0 atom stereocenters. The number of carbonyl (C=O) groups excluding carboxylic acids is 3. The van der Waals surface area contributed by atoms with Crippen molar-refractivity contribution in [3.63, 3.8) is 0 Å². The summed E-state index contributed by atoms with van der Waals surface area (Å²) in [6, 6.07) is 0. The van der Waals surface area contributed by atoms with Crippen LogP contribution in [0.4, 0.5) is 0 Å². The minimum absolute atomic E-state index is 0.113. The maximum absolute atomic E-state index is 12.0. The third kappa shape index (κ3) is 9.43. The van der Waals surface area contributed by atoms with Crippen molar-refractivity contribution in [2.75, 3.05) is 59.8 Å². The average molecular weight is 399 g/mol. The summed E-state index contributed by atoms with van der Waals surface area (Å²) in [6.07, 6.45) is 4.31. The van der Waals surface area contributed by atoms with Crippen LogP contribution in [0.1, 0.15) is 33.6 Å². The largest absolute Gasteiger partial charge is 0.380 e. The van der Waals surface area contributed by atoms with E-state index < -0.39 is 0 Å². The van der Waals surface area contributed by atoms with Crippen LogP contribution in [0.3, 0.4) is 0 Å². The molecule has 1 rings (SSSR count). The molecule has 0 aromatic rings. The summed E-state index contributed by atoms with van der Waals surface area (Å²) in [5.74, 6) is -0.471. The Labute approximate surface area is 167 Å². The van der Waals surface area contributed by atoms with E-state index in [4.69, 9.17) is 14.2 Å². The number of carbonyl (C=O) groups is 3. The molecular weight excluding hydrogens is 364 g/mol. The van der Waals surface area contributed by atoms with Crippen molar-refractivity contribution in [3.05, 3.63) is 12.2 Å². The average Bonchev–Trinajstić information content (AvgIpc) is 2.95. The highest BCUT2D eigenvalue weighted by Gasteiger charge is 2.24. The summed E-state index contributed by atoms with van der Waals surface area (Å²) in [5.41, 5.74) is -0.365. The van der Waals surface area contributed by atoms with E-state index in [2.05, 4.69) is 0 Å². The zero-order valence-corrected chi connectivity index (χ0v) is 17.6. The molecule has 8 nitrogen and oxygen atoms in total. The SMILES string of the molecule is CN(CCOCCCCOCCOCCN1C(=O)C=CC1=O)C(=O)C(C)(C)C. The quantitative estimate of drug-likeness (QED) is 0.323. The number of rotatable bonds is 14. The second-order valence-corrected chi connectivity index (χ2v) is 7.68. The van der Waals surface area contributed by atoms with Crippen LogP contribution in [-0.2, 0) is 28.6 Å². The van der Waals surface area contributed by atoms with Gasteiger partial charge in [0.15, 0.2) is 0 Å². The number of hydrogen-bond donors (Lipinski definition) is 0. The van der Waals surface area contributed by atoms with E-state index in [9.17, 15) is 14.4 Å². The van der Waals surface area contributed by atoms with Crippen molar-refractivity contribution in [3.8, 4) is 0 Å². The van der Waals surface area contributed by atoms with Crippen LogP contribution < -0.4 is 0 Å². The molecule has 3 amide bonds. The van der Waals surface area contributed by atoms with E-state index >= 15 is 0 Å². The lowest BCUT2D eigenvalue weighted by atomic mass is 9.95. The highest BCUT2D eigenvalue weighted by atomic mass is 16.5. The van der Waals surface area contributed by atoms with Crippen molar-refractivity contribution < 1.29 is 28.6 Å². The Hall–Kier alpha value is -1.77. The maximum Gasteiger partial charge on any atom is 0.253 e. The van der Waals surface area contributed by atoms with Gasteiger partial charge >= 0.3 is 0 Å². The fourth-order valence-electron chi connectivity index (χ4n) is 2.52. The molecule has 1 aliphatic heterocycles. The Morgan fingerprint density at radius 1 is 0.893 bits per heavy atom. The third-order valence-electron chi connectivity index (χ3n) is 4.12. The van der Waals surface area contributed by atoms with Gasteiger partial charge in [0.2, 0.25) is 5.91 Å². The monoisotopic (exact) mass is 398 g/mol. The molecule has 160 valence electrons. The van der Waals surface area contributed by atoms with Crippen molar-refractivity contribution >= 4 is 17.7 Å². The van der Waals surface area contributed by atoms with Crippen LogP contribution in [0.5, 0.6) is 0 Å². The van der Waals surface area contributed by atoms with Crippen molar-refractivity contribution in [1.29, 1.82) is 0 Å². The first-order chi connectivity index (χ1) is 13.2. The van der Waals surface area contributed by atoms with Gasteiger partial charge in [-0.25, -0.2) is 0 Å². The van der Waals surface area contributed by atoms with E-state index in [1.54, 1.807) is 11.9 Å². The lowest BCUT2D eigenvalue weighted by Crippen LogP contribution is -2.38. The molecule has 8 heteroatoms. The van der Waals surface area contributed by atoms with Crippen LogP contribution in [0.15, 0.2) is 12.2 Å². The molecular formula is C20H34N2O6. The van der Waals surface area contributed by atoms with Crippen LogP contribution >= 0.6 is 0 Å². The number of unbranched alkanes of at least 4 members (excludes halogenated alkanes) is 1. The molecule has 0 spiro atoms. The summed E-state index contributed by atoms with van der Waals surface area (Å²) in [4.78, 5) is 37.5. The standard InChI is InChI=1S/C20H34N2O6/c1-20(2,3)19(25)21(4)9-13-26-11-5-6-12-27-15-16-28-14-10-22-17(23)7-8-18(22)24/h7-8H,5-6,9-16H2,1-4H3. The zero-order chi connectivity index (χ0) is 21.0. The predicted octanol–water partition coefficient (Wildman–Crippen LogP) is 1.25.